The van der Waals surface area contributed by atoms with E-state index in [1.165, 1.54) is 0 Å². The van der Waals surface area contributed by atoms with Crippen molar-refractivity contribution in [1.29, 1.82) is 0 Å². The fourth-order valence-electron chi connectivity index (χ4n) is 4.44. The van der Waals surface area contributed by atoms with Gasteiger partial charge < -0.3 is 31.1 Å². The highest BCUT2D eigenvalue weighted by Gasteiger charge is 2.25. The lowest BCUT2D eigenvalue weighted by Gasteiger charge is -2.28. The van der Waals surface area contributed by atoms with Gasteiger partial charge in [0, 0.05) is 54.3 Å². The van der Waals surface area contributed by atoms with Gasteiger partial charge in [-0.05, 0) is 55.4 Å². The lowest BCUT2D eigenvalue weighted by molar-refractivity contribution is -0.132. The zero-order valence-corrected chi connectivity index (χ0v) is 23.5. The topological polar surface area (TPSA) is 117 Å². The number of nitrogens with zero attached hydrogens (tertiary/aromatic N) is 1. The second-order valence-corrected chi connectivity index (χ2v) is 9.44. The van der Waals surface area contributed by atoms with E-state index in [2.05, 4.69) is 32.3 Å². The summed E-state index contributed by atoms with van der Waals surface area (Å²) >= 11 is 0. The Morgan fingerprint density at radius 1 is 1.05 bits per heavy atom. The number of benzene rings is 2. The van der Waals surface area contributed by atoms with Crippen LogP contribution in [0.25, 0.3) is 0 Å². The van der Waals surface area contributed by atoms with Gasteiger partial charge in [-0.15, -0.1) is 0 Å². The summed E-state index contributed by atoms with van der Waals surface area (Å²) in [4.78, 5) is 27.2. The maximum atomic E-state index is 12.9. The van der Waals surface area contributed by atoms with Crippen LogP contribution in [0.15, 0.2) is 54.6 Å². The third-order valence-electron chi connectivity index (χ3n) is 6.62. The van der Waals surface area contributed by atoms with Crippen molar-refractivity contribution in [3.8, 4) is 5.75 Å². The van der Waals surface area contributed by atoms with E-state index in [0.29, 0.717) is 13.0 Å². The quantitative estimate of drug-likeness (QED) is 0.295. The average molecular weight is 568 g/mol. The van der Waals surface area contributed by atoms with Crippen LogP contribution < -0.4 is 21.1 Å². The molecule has 0 radical (unpaired) electrons. The summed E-state index contributed by atoms with van der Waals surface area (Å²) in [5.41, 5.74) is 8.18. The van der Waals surface area contributed by atoms with Gasteiger partial charge >= 0.3 is 0 Å². The zero-order valence-electron chi connectivity index (χ0n) is 22.0. The van der Waals surface area contributed by atoms with Crippen molar-refractivity contribution in [3.05, 3.63) is 65.7 Å². The van der Waals surface area contributed by atoms with E-state index in [1.54, 1.807) is 7.11 Å². The van der Waals surface area contributed by atoms with Crippen LogP contribution >= 0.6 is 21.7 Å². The van der Waals surface area contributed by atoms with Gasteiger partial charge in [0.25, 0.3) is 0 Å². The minimum Gasteiger partial charge on any atom is -0.497 e. The normalized spacial score (nSPS) is 15.4. The summed E-state index contributed by atoms with van der Waals surface area (Å²) in [5, 5.41) is 17.2. The molecule has 2 aromatic rings. The zero-order chi connectivity index (χ0) is 27.8. The number of ether oxygens (including phenoxy) is 1. The second kappa shape index (κ2) is 18.0. The van der Waals surface area contributed by atoms with Gasteiger partial charge in [-0.1, -0.05) is 42.5 Å². The highest BCUT2D eigenvalue weighted by Crippen LogP contribution is 2.13. The number of nitrogens with one attached hydrogen (secondary N) is 2. The minimum absolute atomic E-state index is 0.0561. The fourth-order valence-corrected chi connectivity index (χ4v) is 4.44. The molecule has 210 valence electrons. The van der Waals surface area contributed by atoms with Crippen LogP contribution in [0.4, 0.5) is 0 Å². The number of hydrogen-bond acceptors (Lipinski definition) is 6. The first-order valence-corrected chi connectivity index (χ1v) is 14.1. The Morgan fingerprint density at radius 3 is 2.42 bits per heavy atom. The number of carbonyl (C=O) groups excluding carboxylic acids is 2. The molecule has 3 atom stereocenters. The molecule has 0 unspecified atom stereocenters. The van der Waals surface area contributed by atoms with Gasteiger partial charge in [-0.3, -0.25) is 9.59 Å². The molecular weight excluding hydrogens is 527 g/mol. The number of methoxy groups -OCH3 is 1. The largest absolute Gasteiger partial charge is 0.497 e. The third kappa shape index (κ3) is 11.2. The van der Waals surface area contributed by atoms with Gasteiger partial charge in [0.15, 0.2) is 0 Å². The number of aliphatic hydroxyl groups is 1. The van der Waals surface area contributed by atoms with Gasteiger partial charge in [-0.2, -0.15) is 0 Å². The number of amides is 2. The predicted molar refractivity (Wildman–Crippen MR) is 152 cm³/mol. The minimum atomic E-state index is -0.832. The number of nitrogens with two attached hydrogens (primary N) is 1. The molecule has 0 bridgehead atoms. The van der Waals surface area contributed by atoms with Gasteiger partial charge in [-0.25, -0.2) is 0 Å². The van der Waals surface area contributed by atoms with Crippen LogP contribution in [-0.4, -0.2) is 66.8 Å². The van der Waals surface area contributed by atoms with E-state index in [-0.39, 0.29) is 31.2 Å². The summed E-state index contributed by atoms with van der Waals surface area (Å²) < 4.78 is 5.26. The number of hydrogen-bond donors (Lipinski definition) is 4. The number of likely N-dealkylation sites (tertiary alicyclic amines) is 1. The van der Waals surface area contributed by atoms with E-state index >= 15 is 0 Å². The summed E-state index contributed by atoms with van der Waals surface area (Å²) in [6.07, 6.45) is 3.39. The van der Waals surface area contributed by atoms with Crippen LogP contribution in [0.1, 0.15) is 43.2 Å². The highest BCUT2D eigenvalue weighted by molar-refractivity contribution is 6.85. The molecule has 0 aromatic heterocycles. The Morgan fingerprint density at radius 2 is 1.74 bits per heavy atom. The van der Waals surface area contributed by atoms with E-state index in [1.807, 2.05) is 59.5 Å². The average Bonchev–Trinajstić information content (AvgIpc) is 2.97. The van der Waals surface area contributed by atoms with Crippen LogP contribution in [0.3, 0.4) is 0 Å². The Kier molecular flexibility index (Phi) is 15.1. The molecular formula is C28H40Cl2N4O4. The van der Waals surface area contributed by atoms with Gasteiger partial charge in [0.2, 0.25) is 11.8 Å². The SMILES string of the molecule is COc1cccc(CNC[C@@H](O)[C@H](Cc2ccccc2)NC(=O)[C@H](N)CCC(=O)N2CCCCC2)c1.ClCl. The van der Waals surface area contributed by atoms with Crippen molar-refractivity contribution >= 4 is 33.5 Å². The van der Waals surface area contributed by atoms with Gasteiger partial charge in [0.05, 0.1) is 25.3 Å². The van der Waals surface area contributed by atoms with Crippen LogP contribution in [0, 0.1) is 0 Å². The molecule has 2 aromatic carbocycles. The Hall–Kier alpha value is -2.36. The Labute approximate surface area is 235 Å². The molecule has 38 heavy (non-hydrogen) atoms. The molecule has 1 heterocycles. The number of carbonyl (C=O) groups is 2. The monoisotopic (exact) mass is 566 g/mol. The highest BCUT2D eigenvalue weighted by atomic mass is 36.5. The number of aliphatic hydroxyl groups excluding tert-OH is 1. The summed E-state index contributed by atoms with van der Waals surface area (Å²) in [6, 6.07) is 16.1. The summed E-state index contributed by atoms with van der Waals surface area (Å²) in [5.74, 6) is 0.478. The first-order chi connectivity index (χ1) is 18.5. The molecule has 0 saturated carbocycles. The predicted octanol–water partition coefficient (Wildman–Crippen LogP) is 3.37. The first kappa shape index (κ1) is 31.9. The number of rotatable bonds is 13. The number of piperidine rings is 1. The summed E-state index contributed by atoms with van der Waals surface area (Å²) in [6.45, 7) is 2.42. The van der Waals surface area contributed by atoms with Crippen molar-refractivity contribution in [1.82, 2.24) is 15.5 Å². The van der Waals surface area contributed by atoms with E-state index in [4.69, 9.17) is 10.5 Å². The van der Waals surface area contributed by atoms with E-state index in [0.717, 1.165) is 49.2 Å². The molecule has 0 aliphatic carbocycles. The van der Waals surface area contributed by atoms with Crippen molar-refractivity contribution in [2.45, 2.75) is 63.3 Å². The Balaban J connectivity index is 0.00000247. The molecule has 2 amide bonds. The van der Waals surface area contributed by atoms with Crippen molar-refractivity contribution in [2.75, 3.05) is 26.7 Å². The lowest BCUT2D eigenvalue weighted by atomic mass is 10.00. The molecule has 1 aliphatic rings. The molecule has 1 fully saturated rings. The molecule has 5 N–H and O–H groups in total. The standard InChI is InChI=1S/C28H40N4O4.Cl2/c1-36-23-12-8-11-22(17-23)19-30-20-26(33)25(18-21-9-4-2-5-10-21)31-28(35)24(29)13-14-27(34)32-15-6-3-7-16-32;1-2/h2,4-5,8-12,17,24-26,30,33H,3,6-7,13-16,18-20,29H2,1H3,(H,31,35);/t24-,25+,26-;/m1./s1. The molecule has 8 nitrogen and oxygen atoms in total. The molecule has 1 saturated heterocycles. The van der Waals surface area contributed by atoms with Crippen LogP contribution in [0.5, 0.6) is 5.75 Å². The van der Waals surface area contributed by atoms with E-state index < -0.39 is 18.2 Å². The lowest BCUT2D eigenvalue weighted by Crippen LogP contribution is -2.53. The maximum absolute atomic E-state index is 12.9. The van der Waals surface area contributed by atoms with E-state index in [9.17, 15) is 14.7 Å². The van der Waals surface area contributed by atoms with Crippen molar-refractivity contribution in [2.24, 2.45) is 5.73 Å². The molecule has 0 spiro atoms. The van der Waals surface area contributed by atoms with Gasteiger partial charge in [0.1, 0.15) is 5.75 Å². The Bertz CT molecular complexity index is 961. The molecule has 3 rings (SSSR count). The maximum Gasteiger partial charge on any atom is 0.237 e. The second-order valence-electron chi connectivity index (χ2n) is 9.44. The smallest absolute Gasteiger partial charge is 0.237 e. The first-order valence-electron chi connectivity index (χ1n) is 13.0. The summed E-state index contributed by atoms with van der Waals surface area (Å²) in [7, 11) is 9.85. The van der Waals surface area contributed by atoms with Crippen molar-refractivity contribution < 1.29 is 19.4 Å². The molecule has 10 heteroatoms. The fraction of sp³-hybridized carbons (Fsp3) is 0.500. The molecule has 1 aliphatic heterocycles. The number of halogens is 2. The third-order valence-corrected chi connectivity index (χ3v) is 6.62. The van der Waals surface area contributed by atoms with Crippen LogP contribution in [-0.2, 0) is 22.6 Å². The van der Waals surface area contributed by atoms with Crippen LogP contribution in [0.2, 0.25) is 0 Å². The van der Waals surface area contributed by atoms with Crippen molar-refractivity contribution in [3.63, 3.8) is 0 Å².